The van der Waals surface area contributed by atoms with Crippen LogP contribution in [0.5, 0.6) is 0 Å². The molecule has 3 nitrogen and oxygen atoms in total. The Hall–Kier alpha value is -0.0900. The van der Waals surface area contributed by atoms with Crippen molar-refractivity contribution in [2.24, 2.45) is 5.41 Å². The van der Waals surface area contributed by atoms with E-state index in [1.807, 2.05) is 0 Å². The van der Waals surface area contributed by atoms with E-state index in [-0.39, 0.29) is 10.7 Å². The molecule has 0 saturated heterocycles. The van der Waals surface area contributed by atoms with Gasteiger partial charge in [0.25, 0.3) is 0 Å². The molecule has 1 atom stereocenters. The second-order valence-electron chi connectivity index (χ2n) is 6.26. The van der Waals surface area contributed by atoms with Crippen LogP contribution in [0.25, 0.3) is 0 Å². The van der Waals surface area contributed by atoms with E-state index in [1.165, 1.54) is 0 Å². The molecule has 1 unspecified atom stereocenters. The molecule has 0 spiro atoms. The average molecular weight is 277 g/mol. The molecule has 0 rings (SSSR count). The average Bonchev–Trinajstić information content (AvgIpc) is 2.24. The van der Waals surface area contributed by atoms with Crippen molar-refractivity contribution in [3.8, 4) is 0 Å². The third-order valence-electron chi connectivity index (χ3n) is 3.50. The summed E-state index contributed by atoms with van der Waals surface area (Å²) in [5.41, 5.74) is 0.0843. The highest BCUT2D eigenvalue weighted by atomic mass is 32.2. The minimum Gasteiger partial charge on any atom is -0.314 e. The van der Waals surface area contributed by atoms with E-state index >= 15 is 0 Å². The van der Waals surface area contributed by atoms with Gasteiger partial charge in [0.1, 0.15) is 0 Å². The van der Waals surface area contributed by atoms with Gasteiger partial charge in [-0.15, -0.1) is 0 Å². The largest absolute Gasteiger partial charge is 0.314 e. The Bertz CT molecular complexity index is 323. The first kappa shape index (κ1) is 17.9. The third kappa shape index (κ3) is 6.74. The summed E-state index contributed by atoms with van der Waals surface area (Å²) in [6.45, 7) is 13.0. The van der Waals surface area contributed by atoms with E-state index < -0.39 is 9.84 Å². The van der Waals surface area contributed by atoms with E-state index in [1.54, 1.807) is 13.8 Å². The molecule has 0 bridgehead atoms. The van der Waals surface area contributed by atoms with Crippen molar-refractivity contribution in [3.05, 3.63) is 0 Å². The maximum absolute atomic E-state index is 11.9. The van der Waals surface area contributed by atoms with Gasteiger partial charge in [0.05, 0.1) is 11.0 Å². The fourth-order valence-corrected chi connectivity index (χ4v) is 3.23. The van der Waals surface area contributed by atoms with Gasteiger partial charge >= 0.3 is 0 Å². The van der Waals surface area contributed by atoms with Crippen molar-refractivity contribution < 1.29 is 8.42 Å². The zero-order chi connectivity index (χ0) is 14.4. The zero-order valence-electron chi connectivity index (χ0n) is 12.9. The lowest BCUT2D eigenvalue weighted by Crippen LogP contribution is -2.37. The summed E-state index contributed by atoms with van der Waals surface area (Å²) in [5, 5.41) is 3.18. The normalized spacial score (nSPS) is 16.2. The van der Waals surface area contributed by atoms with Crippen LogP contribution in [0.15, 0.2) is 0 Å². The molecule has 0 saturated carbocycles. The standard InChI is InChI=1S/C14H31NO2S/c1-7-8-14(6,11-15-12(2)3)9-10-18(16,17)13(4)5/h12-13,15H,7-11H2,1-6H3. The molecule has 0 aliphatic rings. The maximum Gasteiger partial charge on any atom is 0.152 e. The minimum absolute atomic E-state index is 0.0843. The first-order chi connectivity index (χ1) is 8.13. The summed E-state index contributed by atoms with van der Waals surface area (Å²) < 4.78 is 23.8. The smallest absolute Gasteiger partial charge is 0.152 e. The number of sulfone groups is 1. The van der Waals surface area contributed by atoms with Gasteiger partial charge in [-0.25, -0.2) is 8.42 Å². The van der Waals surface area contributed by atoms with E-state index in [4.69, 9.17) is 0 Å². The lowest BCUT2D eigenvalue weighted by atomic mass is 9.82. The predicted molar refractivity (Wildman–Crippen MR) is 79.7 cm³/mol. The fraction of sp³-hybridized carbons (Fsp3) is 1.00. The summed E-state index contributed by atoms with van der Waals surface area (Å²) >= 11 is 0. The number of rotatable bonds is 9. The van der Waals surface area contributed by atoms with Crippen molar-refractivity contribution in [2.45, 2.75) is 72.1 Å². The van der Waals surface area contributed by atoms with Crippen molar-refractivity contribution in [3.63, 3.8) is 0 Å². The Morgan fingerprint density at radius 1 is 1.11 bits per heavy atom. The van der Waals surface area contributed by atoms with Gasteiger partial charge < -0.3 is 5.32 Å². The van der Waals surface area contributed by atoms with Crippen LogP contribution in [0.3, 0.4) is 0 Å². The highest BCUT2D eigenvalue weighted by Gasteiger charge is 2.27. The molecule has 0 aromatic rings. The molecule has 4 heteroatoms. The molecule has 110 valence electrons. The van der Waals surface area contributed by atoms with Gasteiger partial charge in [0, 0.05) is 12.6 Å². The predicted octanol–water partition coefficient (Wildman–Crippen LogP) is 3.00. The summed E-state index contributed by atoms with van der Waals surface area (Å²) in [7, 11) is -2.92. The monoisotopic (exact) mass is 277 g/mol. The van der Waals surface area contributed by atoms with Crippen LogP contribution in [0.1, 0.15) is 60.8 Å². The molecule has 1 N–H and O–H groups in total. The molecule has 0 amide bonds. The number of nitrogens with one attached hydrogen (secondary N) is 1. The third-order valence-corrected chi connectivity index (χ3v) is 5.71. The number of hydrogen-bond acceptors (Lipinski definition) is 3. The van der Waals surface area contributed by atoms with E-state index in [9.17, 15) is 8.42 Å². The van der Waals surface area contributed by atoms with Crippen LogP contribution >= 0.6 is 0 Å². The minimum atomic E-state index is -2.92. The molecule has 0 radical (unpaired) electrons. The highest BCUT2D eigenvalue weighted by Crippen LogP contribution is 2.28. The molecular weight excluding hydrogens is 246 g/mol. The van der Waals surface area contributed by atoms with Crippen LogP contribution in [0.4, 0.5) is 0 Å². The van der Waals surface area contributed by atoms with Crippen molar-refractivity contribution >= 4 is 9.84 Å². The lowest BCUT2D eigenvalue weighted by molar-refractivity contribution is 0.260. The van der Waals surface area contributed by atoms with E-state index in [0.717, 1.165) is 25.8 Å². The molecule has 0 aliphatic heterocycles. The Kier molecular flexibility index (Phi) is 7.45. The summed E-state index contributed by atoms with van der Waals surface area (Å²) in [6.07, 6.45) is 2.92. The Morgan fingerprint density at radius 3 is 2.06 bits per heavy atom. The SMILES string of the molecule is CCCC(C)(CCS(=O)(=O)C(C)C)CNC(C)C. The number of hydrogen-bond donors (Lipinski definition) is 1. The van der Waals surface area contributed by atoms with E-state index in [0.29, 0.717) is 11.8 Å². The quantitative estimate of drug-likeness (QED) is 0.704. The lowest BCUT2D eigenvalue weighted by Gasteiger charge is -2.31. The van der Waals surface area contributed by atoms with Gasteiger partial charge in [-0.1, -0.05) is 34.1 Å². The Morgan fingerprint density at radius 2 is 1.67 bits per heavy atom. The van der Waals surface area contributed by atoms with Crippen LogP contribution in [0, 0.1) is 5.41 Å². The summed E-state index contributed by atoms with van der Waals surface area (Å²) in [6, 6.07) is 0.447. The van der Waals surface area contributed by atoms with Crippen molar-refractivity contribution in [1.82, 2.24) is 5.32 Å². The van der Waals surface area contributed by atoms with Crippen LogP contribution in [-0.4, -0.2) is 32.0 Å². The summed E-state index contributed by atoms with van der Waals surface area (Å²) in [5.74, 6) is 0.306. The maximum atomic E-state index is 11.9. The van der Waals surface area contributed by atoms with Crippen molar-refractivity contribution in [2.75, 3.05) is 12.3 Å². The van der Waals surface area contributed by atoms with Crippen molar-refractivity contribution in [1.29, 1.82) is 0 Å². The molecule has 18 heavy (non-hydrogen) atoms. The molecular formula is C14H31NO2S. The second kappa shape index (κ2) is 7.49. The summed E-state index contributed by atoms with van der Waals surface area (Å²) in [4.78, 5) is 0. The molecule has 0 heterocycles. The van der Waals surface area contributed by atoms with Gasteiger partial charge in [-0.3, -0.25) is 0 Å². The Labute approximate surface area is 114 Å². The topological polar surface area (TPSA) is 46.2 Å². The second-order valence-corrected chi connectivity index (χ2v) is 8.94. The highest BCUT2D eigenvalue weighted by molar-refractivity contribution is 7.91. The molecule has 0 aliphatic carbocycles. The zero-order valence-corrected chi connectivity index (χ0v) is 13.7. The molecule has 0 aromatic heterocycles. The first-order valence-corrected chi connectivity index (χ1v) is 8.79. The molecule has 0 fully saturated rings. The van der Waals surface area contributed by atoms with Crippen LogP contribution in [0.2, 0.25) is 0 Å². The van der Waals surface area contributed by atoms with Gasteiger partial charge in [-0.2, -0.15) is 0 Å². The van der Waals surface area contributed by atoms with Gasteiger partial charge in [0.15, 0.2) is 9.84 Å². The van der Waals surface area contributed by atoms with Gasteiger partial charge in [-0.05, 0) is 32.1 Å². The fourth-order valence-electron chi connectivity index (χ4n) is 1.98. The Balaban J connectivity index is 4.52. The molecule has 0 aromatic carbocycles. The van der Waals surface area contributed by atoms with Crippen LogP contribution in [-0.2, 0) is 9.84 Å². The first-order valence-electron chi connectivity index (χ1n) is 7.08. The van der Waals surface area contributed by atoms with E-state index in [2.05, 4.69) is 33.0 Å². The van der Waals surface area contributed by atoms with Gasteiger partial charge in [0.2, 0.25) is 0 Å². The van der Waals surface area contributed by atoms with Crippen LogP contribution < -0.4 is 5.32 Å².